The maximum Gasteiger partial charge on any atom is 0.393 e. The number of nitrogens with two attached hydrogens (primary N) is 1. The number of hydrogen-bond donors (Lipinski definition) is 1. The number of amides is 2. The molecule has 1 heterocycles. The van der Waals surface area contributed by atoms with Gasteiger partial charge in [0.25, 0.3) is 11.8 Å². The molecule has 0 unspecified atom stereocenters. The van der Waals surface area contributed by atoms with Crippen molar-refractivity contribution in [3.63, 3.8) is 0 Å². The van der Waals surface area contributed by atoms with Crippen LogP contribution in [0.3, 0.4) is 0 Å². The average Bonchev–Trinajstić information content (AvgIpc) is 2.58. The minimum atomic E-state index is -4.32. The van der Waals surface area contributed by atoms with Gasteiger partial charge in [0.05, 0.1) is 13.0 Å². The van der Waals surface area contributed by atoms with Gasteiger partial charge in [-0.05, 0) is 31.0 Å². The van der Waals surface area contributed by atoms with Crippen LogP contribution in [0.2, 0.25) is 0 Å². The molecule has 0 saturated carbocycles. The fourth-order valence-electron chi connectivity index (χ4n) is 2.68. The molecule has 0 aliphatic carbocycles. The van der Waals surface area contributed by atoms with E-state index in [1.165, 1.54) is 30.2 Å². The van der Waals surface area contributed by atoms with E-state index < -0.39 is 23.9 Å². The Hall–Kier alpha value is -2.45. The summed E-state index contributed by atoms with van der Waals surface area (Å²) in [7, 11) is 1.35. The number of methoxy groups -OCH3 is 1. The maximum absolute atomic E-state index is 12.9. The summed E-state index contributed by atoms with van der Waals surface area (Å²) in [4.78, 5) is 24.5. The quantitative estimate of drug-likeness (QED) is 0.870. The van der Waals surface area contributed by atoms with E-state index in [0.29, 0.717) is 6.42 Å². The molecule has 2 rings (SSSR count). The molecular formula is C16H19F3N2O4. The van der Waals surface area contributed by atoms with Crippen LogP contribution in [0.15, 0.2) is 18.2 Å². The number of halogens is 3. The topological polar surface area (TPSA) is 81.9 Å². The van der Waals surface area contributed by atoms with Crippen molar-refractivity contribution in [3.8, 4) is 11.5 Å². The molecule has 138 valence electrons. The van der Waals surface area contributed by atoms with Gasteiger partial charge >= 0.3 is 6.18 Å². The largest absolute Gasteiger partial charge is 0.493 e. The molecule has 0 spiro atoms. The zero-order valence-corrected chi connectivity index (χ0v) is 13.6. The Kier molecular flexibility index (Phi) is 5.76. The smallest absolute Gasteiger partial charge is 0.393 e. The number of carbonyl (C=O) groups is 2. The number of rotatable bonds is 5. The van der Waals surface area contributed by atoms with Crippen LogP contribution >= 0.6 is 0 Å². The first-order valence-corrected chi connectivity index (χ1v) is 7.67. The van der Waals surface area contributed by atoms with Crippen molar-refractivity contribution in [1.82, 2.24) is 4.90 Å². The van der Waals surface area contributed by atoms with Crippen LogP contribution in [-0.4, -0.2) is 49.7 Å². The van der Waals surface area contributed by atoms with Crippen LogP contribution in [-0.2, 0) is 4.79 Å². The third-order valence-electron chi connectivity index (χ3n) is 3.95. The van der Waals surface area contributed by atoms with E-state index in [4.69, 9.17) is 15.2 Å². The minimum absolute atomic E-state index is 0.0243. The number of primary amides is 1. The van der Waals surface area contributed by atoms with Crippen molar-refractivity contribution in [1.29, 1.82) is 0 Å². The summed E-state index contributed by atoms with van der Waals surface area (Å²) >= 11 is 0. The van der Waals surface area contributed by atoms with Crippen LogP contribution in [0.1, 0.15) is 23.2 Å². The van der Waals surface area contributed by atoms with Crippen molar-refractivity contribution >= 4 is 11.8 Å². The van der Waals surface area contributed by atoms with Gasteiger partial charge in [-0.2, -0.15) is 13.2 Å². The summed E-state index contributed by atoms with van der Waals surface area (Å²) in [5, 5.41) is 0. The van der Waals surface area contributed by atoms with E-state index in [-0.39, 0.29) is 43.2 Å². The molecule has 0 aromatic heterocycles. The van der Waals surface area contributed by atoms with Gasteiger partial charge < -0.3 is 20.1 Å². The zero-order valence-electron chi connectivity index (χ0n) is 13.6. The third kappa shape index (κ3) is 4.77. The van der Waals surface area contributed by atoms with E-state index in [0.717, 1.165) is 0 Å². The van der Waals surface area contributed by atoms with Gasteiger partial charge in [0, 0.05) is 18.7 Å². The Morgan fingerprint density at radius 2 is 2.04 bits per heavy atom. The van der Waals surface area contributed by atoms with E-state index in [1.807, 2.05) is 0 Å². The van der Waals surface area contributed by atoms with Crippen molar-refractivity contribution < 1.29 is 32.2 Å². The number of piperidine rings is 1. The molecule has 1 aromatic rings. The maximum atomic E-state index is 12.9. The van der Waals surface area contributed by atoms with Crippen LogP contribution in [0.5, 0.6) is 11.5 Å². The molecular weight excluding hydrogens is 341 g/mol. The minimum Gasteiger partial charge on any atom is -0.493 e. The number of benzene rings is 1. The van der Waals surface area contributed by atoms with Gasteiger partial charge in [-0.15, -0.1) is 0 Å². The summed E-state index contributed by atoms with van der Waals surface area (Å²) in [5.41, 5.74) is 5.18. The molecule has 2 N–H and O–H groups in total. The SMILES string of the molecule is COc1cc(C(=O)N2CCC[C@@H](C(F)(F)F)C2)ccc1OCC(N)=O. The summed E-state index contributed by atoms with van der Waals surface area (Å²) < 4.78 is 48.9. The number of carbonyl (C=O) groups excluding carboxylic acids is 2. The highest BCUT2D eigenvalue weighted by Gasteiger charge is 2.42. The molecule has 0 radical (unpaired) electrons. The van der Waals surface area contributed by atoms with Gasteiger partial charge in [0.15, 0.2) is 18.1 Å². The van der Waals surface area contributed by atoms with Gasteiger partial charge in [0.2, 0.25) is 0 Å². The monoisotopic (exact) mass is 360 g/mol. The van der Waals surface area contributed by atoms with Crippen LogP contribution in [0.25, 0.3) is 0 Å². The van der Waals surface area contributed by atoms with E-state index in [9.17, 15) is 22.8 Å². The zero-order chi connectivity index (χ0) is 18.6. The normalized spacial score (nSPS) is 17.9. The molecule has 1 atom stereocenters. The van der Waals surface area contributed by atoms with E-state index in [2.05, 4.69) is 0 Å². The number of ether oxygens (including phenoxy) is 2. The summed E-state index contributed by atoms with van der Waals surface area (Å²) in [6.45, 7) is -0.443. The molecule has 2 amide bonds. The first kappa shape index (κ1) is 18.9. The fraction of sp³-hybridized carbons (Fsp3) is 0.500. The number of likely N-dealkylation sites (tertiary alicyclic amines) is 1. The molecule has 6 nitrogen and oxygen atoms in total. The highest BCUT2D eigenvalue weighted by molar-refractivity contribution is 5.95. The molecule has 1 aliphatic heterocycles. The highest BCUT2D eigenvalue weighted by atomic mass is 19.4. The Balaban J connectivity index is 2.14. The van der Waals surface area contributed by atoms with Crippen molar-refractivity contribution in [3.05, 3.63) is 23.8 Å². The Morgan fingerprint density at radius 1 is 1.32 bits per heavy atom. The highest BCUT2D eigenvalue weighted by Crippen LogP contribution is 2.34. The predicted octanol–water partition coefficient (Wildman–Crippen LogP) is 1.97. The molecule has 1 aliphatic rings. The van der Waals surface area contributed by atoms with Crippen molar-refractivity contribution in [2.24, 2.45) is 11.7 Å². The Labute approximate surface area is 142 Å². The van der Waals surface area contributed by atoms with Crippen LogP contribution in [0.4, 0.5) is 13.2 Å². The molecule has 1 fully saturated rings. The lowest BCUT2D eigenvalue weighted by Crippen LogP contribution is -2.44. The first-order valence-electron chi connectivity index (χ1n) is 7.67. The standard InChI is InChI=1S/C16H19F3N2O4/c1-24-13-7-10(4-5-12(13)25-9-14(20)22)15(23)21-6-2-3-11(8-21)16(17,18)19/h4-5,7,11H,2-3,6,8-9H2,1H3,(H2,20,22)/t11-/m1/s1. The molecule has 9 heteroatoms. The Morgan fingerprint density at radius 3 is 2.64 bits per heavy atom. The third-order valence-corrected chi connectivity index (χ3v) is 3.95. The van der Waals surface area contributed by atoms with E-state index in [1.54, 1.807) is 0 Å². The van der Waals surface area contributed by atoms with Gasteiger partial charge in [0.1, 0.15) is 0 Å². The first-order chi connectivity index (χ1) is 11.7. The van der Waals surface area contributed by atoms with Crippen LogP contribution in [0, 0.1) is 5.92 Å². The lowest BCUT2D eigenvalue weighted by Gasteiger charge is -2.33. The number of nitrogens with zero attached hydrogens (tertiary/aromatic N) is 1. The van der Waals surface area contributed by atoms with Crippen molar-refractivity contribution in [2.75, 3.05) is 26.8 Å². The number of alkyl halides is 3. The summed E-state index contributed by atoms with van der Waals surface area (Å²) in [6.07, 6.45) is -3.99. The molecule has 0 bridgehead atoms. The summed E-state index contributed by atoms with van der Waals surface area (Å²) in [6, 6.07) is 4.20. The molecule has 1 aromatic carbocycles. The Bertz CT molecular complexity index is 649. The lowest BCUT2D eigenvalue weighted by atomic mass is 9.97. The van der Waals surface area contributed by atoms with Gasteiger partial charge in [-0.25, -0.2) is 0 Å². The molecule has 1 saturated heterocycles. The van der Waals surface area contributed by atoms with Crippen molar-refractivity contribution in [2.45, 2.75) is 19.0 Å². The fourth-order valence-corrected chi connectivity index (χ4v) is 2.68. The second-order valence-corrected chi connectivity index (χ2v) is 5.75. The lowest BCUT2D eigenvalue weighted by molar-refractivity contribution is -0.184. The second kappa shape index (κ2) is 7.62. The summed E-state index contributed by atoms with van der Waals surface area (Å²) in [5.74, 6) is -2.28. The predicted molar refractivity (Wildman–Crippen MR) is 82.4 cm³/mol. The molecule has 25 heavy (non-hydrogen) atoms. The van der Waals surface area contributed by atoms with Crippen LogP contribution < -0.4 is 15.2 Å². The average molecular weight is 360 g/mol. The number of hydrogen-bond acceptors (Lipinski definition) is 4. The second-order valence-electron chi connectivity index (χ2n) is 5.75. The van der Waals surface area contributed by atoms with E-state index >= 15 is 0 Å². The van der Waals surface area contributed by atoms with Gasteiger partial charge in [-0.1, -0.05) is 0 Å². The van der Waals surface area contributed by atoms with Gasteiger partial charge in [-0.3, -0.25) is 9.59 Å².